The maximum Gasteiger partial charge on any atom is 0.416 e. The zero-order valence-electron chi connectivity index (χ0n) is 14.3. The molecule has 0 spiro atoms. The third-order valence-corrected chi connectivity index (χ3v) is 4.80. The predicted octanol–water partition coefficient (Wildman–Crippen LogP) is 4.13. The number of hydrogen-bond donors (Lipinski definition) is 1. The second-order valence-electron chi connectivity index (χ2n) is 6.35. The van der Waals surface area contributed by atoms with Gasteiger partial charge in [-0.15, -0.1) is 0 Å². The van der Waals surface area contributed by atoms with Gasteiger partial charge < -0.3 is 9.67 Å². The number of carboxylic acid groups (broad SMARTS) is 1. The summed E-state index contributed by atoms with van der Waals surface area (Å²) in [4.78, 5) is 17.4. The molecule has 0 saturated heterocycles. The molecule has 2 heterocycles. The second kappa shape index (κ2) is 7.01. The van der Waals surface area contributed by atoms with Crippen LogP contribution in [-0.4, -0.2) is 32.2 Å². The van der Waals surface area contributed by atoms with E-state index in [4.69, 9.17) is 0 Å². The molecule has 1 aromatic carbocycles. The van der Waals surface area contributed by atoms with Gasteiger partial charge in [0.25, 0.3) is 0 Å². The van der Waals surface area contributed by atoms with E-state index in [1.807, 2.05) is 11.5 Å². The lowest BCUT2D eigenvalue weighted by molar-refractivity contribution is -0.137. The third-order valence-electron chi connectivity index (χ3n) is 4.80. The Hall–Kier alpha value is -2.51. The van der Waals surface area contributed by atoms with Crippen molar-refractivity contribution in [3.05, 3.63) is 53.1 Å². The SMILES string of the molecule is CCc1ncn2c1C(CCc1ccc(C(F)(F)F)cc1)N(C(=O)O)CC2. The molecular formula is C18H20F3N3O2. The lowest BCUT2D eigenvalue weighted by atomic mass is 9.97. The highest BCUT2D eigenvalue weighted by atomic mass is 19.4. The molecule has 1 N–H and O–H groups in total. The van der Waals surface area contributed by atoms with Crippen LogP contribution in [0, 0.1) is 0 Å². The molecule has 0 fully saturated rings. The first-order valence-electron chi connectivity index (χ1n) is 8.51. The Balaban J connectivity index is 1.80. The minimum atomic E-state index is -4.36. The summed E-state index contributed by atoms with van der Waals surface area (Å²) in [6, 6.07) is 4.68. The summed E-state index contributed by atoms with van der Waals surface area (Å²) in [6.45, 7) is 2.90. The molecule has 140 valence electrons. The highest BCUT2D eigenvalue weighted by Crippen LogP contribution is 2.33. The quantitative estimate of drug-likeness (QED) is 0.884. The number of aromatic nitrogens is 2. The Morgan fingerprint density at radius 3 is 2.54 bits per heavy atom. The molecule has 1 aliphatic rings. The molecule has 0 radical (unpaired) electrons. The van der Waals surface area contributed by atoms with Crippen molar-refractivity contribution in [2.75, 3.05) is 6.54 Å². The largest absolute Gasteiger partial charge is 0.465 e. The first kappa shape index (κ1) is 18.3. The molecule has 26 heavy (non-hydrogen) atoms. The van der Waals surface area contributed by atoms with Crippen molar-refractivity contribution in [1.82, 2.24) is 14.5 Å². The first-order chi connectivity index (χ1) is 12.3. The van der Waals surface area contributed by atoms with Gasteiger partial charge >= 0.3 is 12.3 Å². The number of rotatable bonds is 4. The number of aryl methyl sites for hydroxylation is 2. The van der Waals surface area contributed by atoms with Crippen LogP contribution < -0.4 is 0 Å². The standard InChI is InChI=1S/C18H20F3N3O2/c1-2-14-16-15(24(17(25)26)10-9-23(16)11-22-14)8-5-12-3-6-13(7-4-12)18(19,20)21/h3-4,6-7,11,15H,2,5,8-10H2,1H3,(H,25,26). The summed E-state index contributed by atoms with van der Waals surface area (Å²) in [5, 5.41) is 9.53. The number of imidazole rings is 1. The van der Waals surface area contributed by atoms with Crippen LogP contribution in [0.2, 0.25) is 0 Å². The van der Waals surface area contributed by atoms with Gasteiger partial charge in [0.15, 0.2) is 0 Å². The fraction of sp³-hybridized carbons (Fsp3) is 0.444. The number of nitrogens with zero attached hydrogens (tertiary/aromatic N) is 3. The molecule has 1 aliphatic heterocycles. The van der Waals surface area contributed by atoms with Gasteiger partial charge in [-0.1, -0.05) is 19.1 Å². The average molecular weight is 367 g/mol. The van der Waals surface area contributed by atoms with E-state index in [2.05, 4.69) is 4.98 Å². The molecule has 8 heteroatoms. The van der Waals surface area contributed by atoms with Crippen molar-refractivity contribution < 1.29 is 23.1 Å². The monoisotopic (exact) mass is 367 g/mol. The topological polar surface area (TPSA) is 58.4 Å². The van der Waals surface area contributed by atoms with Crippen molar-refractivity contribution in [2.24, 2.45) is 0 Å². The molecule has 2 aromatic rings. The smallest absolute Gasteiger partial charge is 0.416 e. The van der Waals surface area contributed by atoms with Gasteiger partial charge in [0.2, 0.25) is 0 Å². The highest BCUT2D eigenvalue weighted by molar-refractivity contribution is 5.66. The molecule has 1 aromatic heterocycles. The van der Waals surface area contributed by atoms with Crippen LogP contribution in [0.25, 0.3) is 0 Å². The molecule has 0 saturated carbocycles. The van der Waals surface area contributed by atoms with E-state index >= 15 is 0 Å². The van der Waals surface area contributed by atoms with Gasteiger partial charge in [0, 0.05) is 13.1 Å². The summed E-state index contributed by atoms with van der Waals surface area (Å²) < 4.78 is 40.0. The van der Waals surface area contributed by atoms with Crippen LogP contribution in [0.4, 0.5) is 18.0 Å². The summed E-state index contributed by atoms with van der Waals surface area (Å²) >= 11 is 0. The zero-order chi connectivity index (χ0) is 18.9. The van der Waals surface area contributed by atoms with Gasteiger partial charge in [0.1, 0.15) is 0 Å². The van der Waals surface area contributed by atoms with Gasteiger partial charge in [0.05, 0.1) is 29.3 Å². The highest BCUT2D eigenvalue weighted by Gasteiger charge is 2.33. The van der Waals surface area contributed by atoms with Gasteiger partial charge in [-0.3, -0.25) is 4.90 Å². The van der Waals surface area contributed by atoms with Gasteiger partial charge in [-0.2, -0.15) is 13.2 Å². The van der Waals surface area contributed by atoms with Crippen LogP contribution in [-0.2, 0) is 25.6 Å². The summed E-state index contributed by atoms with van der Waals surface area (Å²) in [5.41, 5.74) is 1.83. The molecule has 1 amide bonds. The number of carbonyl (C=O) groups is 1. The fourth-order valence-electron chi connectivity index (χ4n) is 3.47. The summed E-state index contributed by atoms with van der Waals surface area (Å²) in [5.74, 6) is 0. The molecule has 1 unspecified atom stereocenters. The van der Waals surface area contributed by atoms with Crippen LogP contribution in [0.5, 0.6) is 0 Å². The van der Waals surface area contributed by atoms with Crippen molar-refractivity contribution in [3.8, 4) is 0 Å². The lowest BCUT2D eigenvalue weighted by Gasteiger charge is -2.35. The molecule has 1 atom stereocenters. The van der Waals surface area contributed by atoms with Crippen LogP contribution in [0.1, 0.15) is 41.9 Å². The number of alkyl halides is 3. The molecule has 3 rings (SSSR count). The van der Waals surface area contributed by atoms with E-state index in [1.54, 1.807) is 6.33 Å². The number of benzene rings is 1. The first-order valence-corrected chi connectivity index (χ1v) is 8.51. The van der Waals surface area contributed by atoms with Gasteiger partial charge in [-0.25, -0.2) is 9.78 Å². The minimum absolute atomic E-state index is 0.346. The Labute approximate surface area is 149 Å². The van der Waals surface area contributed by atoms with E-state index in [1.165, 1.54) is 17.0 Å². The fourth-order valence-corrected chi connectivity index (χ4v) is 3.47. The Morgan fingerprint density at radius 2 is 1.96 bits per heavy atom. The van der Waals surface area contributed by atoms with Crippen molar-refractivity contribution in [3.63, 3.8) is 0 Å². The Bertz CT molecular complexity index is 770. The predicted molar refractivity (Wildman–Crippen MR) is 88.8 cm³/mol. The summed E-state index contributed by atoms with van der Waals surface area (Å²) in [7, 11) is 0. The van der Waals surface area contributed by atoms with Crippen LogP contribution >= 0.6 is 0 Å². The zero-order valence-corrected chi connectivity index (χ0v) is 14.3. The third kappa shape index (κ3) is 3.54. The van der Waals surface area contributed by atoms with E-state index in [9.17, 15) is 23.1 Å². The number of hydrogen-bond acceptors (Lipinski definition) is 2. The second-order valence-corrected chi connectivity index (χ2v) is 6.35. The summed E-state index contributed by atoms with van der Waals surface area (Å²) in [6.07, 6.45) is -1.93. The van der Waals surface area contributed by atoms with Crippen molar-refractivity contribution in [2.45, 2.75) is 44.9 Å². The average Bonchev–Trinajstić information content (AvgIpc) is 3.02. The maximum absolute atomic E-state index is 12.7. The molecule has 5 nitrogen and oxygen atoms in total. The Morgan fingerprint density at radius 1 is 1.27 bits per heavy atom. The molecular weight excluding hydrogens is 347 g/mol. The van der Waals surface area contributed by atoms with Crippen molar-refractivity contribution >= 4 is 6.09 Å². The lowest BCUT2D eigenvalue weighted by Crippen LogP contribution is -2.41. The van der Waals surface area contributed by atoms with Crippen molar-refractivity contribution in [1.29, 1.82) is 0 Å². The van der Waals surface area contributed by atoms with E-state index in [-0.39, 0.29) is 6.04 Å². The number of halogens is 3. The number of fused-ring (bicyclic) bond motifs is 1. The number of amides is 1. The maximum atomic E-state index is 12.7. The van der Waals surface area contributed by atoms with E-state index < -0.39 is 17.8 Å². The molecule has 0 bridgehead atoms. The molecule has 0 aliphatic carbocycles. The van der Waals surface area contributed by atoms with Crippen LogP contribution in [0.15, 0.2) is 30.6 Å². The van der Waals surface area contributed by atoms with E-state index in [0.29, 0.717) is 32.4 Å². The minimum Gasteiger partial charge on any atom is -0.465 e. The normalized spacial score (nSPS) is 17.2. The van der Waals surface area contributed by atoms with E-state index in [0.717, 1.165) is 29.1 Å². The van der Waals surface area contributed by atoms with Crippen LogP contribution in [0.3, 0.4) is 0 Å². The Kier molecular flexibility index (Phi) is 4.93. The van der Waals surface area contributed by atoms with Gasteiger partial charge in [-0.05, 0) is 37.0 Å².